The average Bonchev–Trinajstić information content (AvgIpc) is 2.65. The second-order valence-corrected chi connectivity index (χ2v) is 5.58. The second kappa shape index (κ2) is 3.19. The number of pyridine rings is 1. The van der Waals surface area contributed by atoms with Crippen LogP contribution in [0.2, 0.25) is 0 Å². The Labute approximate surface area is 98.2 Å². The van der Waals surface area contributed by atoms with E-state index in [1.165, 1.54) is 0 Å². The number of methoxy groups -OCH3 is 1. The number of hydrogen-bond donors (Lipinski definition) is 1. The molecular formula is C11H15BrN2O. The molecule has 1 aliphatic carbocycles. The molecule has 2 N–H and O–H groups in total. The van der Waals surface area contributed by atoms with Gasteiger partial charge in [-0.3, -0.25) is 4.98 Å². The van der Waals surface area contributed by atoms with Crippen molar-refractivity contribution in [3.8, 4) is 5.75 Å². The maximum absolute atomic E-state index is 6.39. The first-order valence-corrected chi connectivity index (χ1v) is 5.68. The second-order valence-electron chi connectivity index (χ2n) is 4.73. The van der Waals surface area contributed by atoms with Crippen LogP contribution in [0.3, 0.4) is 0 Å². The average molecular weight is 271 g/mol. The lowest BCUT2D eigenvalue weighted by atomic mass is 9.97. The molecule has 1 fully saturated rings. The Morgan fingerprint density at radius 2 is 2.07 bits per heavy atom. The van der Waals surface area contributed by atoms with E-state index in [4.69, 9.17) is 10.5 Å². The van der Waals surface area contributed by atoms with Crippen LogP contribution in [0, 0.1) is 5.41 Å². The molecule has 1 aromatic rings. The van der Waals surface area contributed by atoms with E-state index in [2.05, 4.69) is 34.8 Å². The number of rotatable bonds is 2. The summed E-state index contributed by atoms with van der Waals surface area (Å²) in [7, 11) is 1.64. The van der Waals surface area contributed by atoms with Crippen LogP contribution >= 0.6 is 15.9 Å². The van der Waals surface area contributed by atoms with Gasteiger partial charge in [-0.25, -0.2) is 0 Å². The Bertz CT molecular complexity index is 406. The van der Waals surface area contributed by atoms with Crippen LogP contribution in [-0.2, 0) is 5.54 Å². The predicted molar refractivity (Wildman–Crippen MR) is 62.8 cm³/mol. The van der Waals surface area contributed by atoms with E-state index in [-0.39, 0.29) is 11.0 Å². The van der Waals surface area contributed by atoms with Crippen molar-refractivity contribution in [2.45, 2.75) is 25.8 Å². The fourth-order valence-electron chi connectivity index (χ4n) is 2.08. The number of nitrogens with two attached hydrogens (primary N) is 1. The van der Waals surface area contributed by atoms with Gasteiger partial charge in [0.05, 0.1) is 18.8 Å². The first-order chi connectivity index (χ1) is 6.92. The Morgan fingerprint density at radius 1 is 1.47 bits per heavy atom. The van der Waals surface area contributed by atoms with E-state index in [0.29, 0.717) is 0 Å². The molecule has 0 spiro atoms. The SMILES string of the molecule is COc1cncc(Br)c1C1(N)CC1(C)C. The first kappa shape index (κ1) is 10.9. The predicted octanol–water partition coefficient (Wildman–Crippen LogP) is 2.44. The minimum absolute atomic E-state index is 0.129. The zero-order valence-corrected chi connectivity index (χ0v) is 10.8. The smallest absolute Gasteiger partial charge is 0.143 e. The van der Waals surface area contributed by atoms with E-state index in [1.54, 1.807) is 19.5 Å². The Morgan fingerprint density at radius 3 is 2.53 bits per heavy atom. The fraction of sp³-hybridized carbons (Fsp3) is 0.545. The molecule has 82 valence electrons. The highest BCUT2D eigenvalue weighted by Gasteiger charge is 2.61. The molecule has 0 aromatic carbocycles. The quantitative estimate of drug-likeness (QED) is 0.898. The van der Waals surface area contributed by atoms with Crippen LogP contribution in [0.25, 0.3) is 0 Å². The van der Waals surface area contributed by atoms with Crippen molar-refractivity contribution in [3.05, 3.63) is 22.4 Å². The van der Waals surface area contributed by atoms with Gasteiger partial charge in [0.25, 0.3) is 0 Å². The van der Waals surface area contributed by atoms with Gasteiger partial charge in [0.15, 0.2) is 0 Å². The lowest BCUT2D eigenvalue weighted by Crippen LogP contribution is -2.26. The van der Waals surface area contributed by atoms with Gasteiger partial charge in [0.1, 0.15) is 5.75 Å². The molecule has 1 aliphatic rings. The number of nitrogens with zero attached hydrogens (tertiary/aromatic N) is 1. The highest BCUT2D eigenvalue weighted by atomic mass is 79.9. The lowest BCUT2D eigenvalue weighted by molar-refractivity contribution is 0.393. The molecule has 15 heavy (non-hydrogen) atoms. The molecule has 0 aliphatic heterocycles. The molecule has 1 unspecified atom stereocenters. The zero-order chi connectivity index (χ0) is 11.3. The summed E-state index contributed by atoms with van der Waals surface area (Å²) in [6.07, 6.45) is 4.45. The molecule has 0 bridgehead atoms. The summed E-state index contributed by atoms with van der Waals surface area (Å²) in [5, 5.41) is 0. The van der Waals surface area contributed by atoms with Crippen LogP contribution in [0.1, 0.15) is 25.8 Å². The maximum atomic E-state index is 6.39. The third kappa shape index (κ3) is 1.47. The molecule has 1 aromatic heterocycles. The molecule has 1 heterocycles. The van der Waals surface area contributed by atoms with Crippen LogP contribution in [-0.4, -0.2) is 12.1 Å². The number of ether oxygens (including phenoxy) is 1. The summed E-state index contributed by atoms with van der Waals surface area (Å²) < 4.78 is 6.24. The minimum Gasteiger partial charge on any atom is -0.495 e. The highest BCUT2D eigenvalue weighted by molar-refractivity contribution is 9.10. The lowest BCUT2D eigenvalue weighted by Gasteiger charge is -2.19. The van der Waals surface area contributed by atoms with Crippen molar-refractivity contribution < 1.29 is 4.74 Å². The molecule has 0 saturated heterocycles. The van der Waals surface area contributed by atoms with Gasteiger partial charge in [-0.2, -0.15) is 0 Å². The van der Waals surface area contributed by atoms with E-state index in [0.717, 1.165) is 22.2 Å². The number of hydrogen-bond acceptors (Lipinski definition) is 3. The Kier molecular flexibility index (Phi) is 2.32. The van der Waals surface area contributed by atoms with Gasteiger partial charge in [-0.05, 0) is 27.8 Å². The summed E-state index contributed by atoms with van der Waals surface area (Å²) in [6.45, 7) is 4.33. The zero-order valence-electron chi connectivity index (χ0n) is 9.17. The van der Waals surface area contributed by atoms with Crippen molar-refractivity contribution in [1.82, 2.24) is 4.98 Å². The summed E-state index contributed by atoms with van der Waals surface area (Å²) >= 11 is 3.49. The van der Waals surface area contributed by atoms with Gasteiger partial charge in [-0.1, -0.05) is 13.8 Å². The molecule has 3 nitrogen and oxygen atoms in total. The van der Waals surface area contributed by atoms with Gasteiger partial charge in [0.2, 0.25) is 0 Å². The third-order valence-electron chi connectivity index (χ3n) is 3.33. The van der Waals surface area contributed by atoms with Crippen LogP contribution in [0.15, 0.2) is 16.9 Å². The van der Waals surface area contributed by atoms with Crippen molar-refractivity contribution in [2.75, 3.05) is 7.11 Å². The molecule has 4 heteroatoms. The van der Waals surface area contributed by atoms with E-state index in [1.807, 2.05) is 0 Å². The van der Waals surface area contributed by atoms with E-state index in [9.17, 15) is 0 Å². The van der Waals surface area contributed by atoms with Gasteiger partial charge in [-0.15, -0.1) is 0 Å². The van der Waals surface area contributed by atoms with Crippen molar-refractivity contribution in [2.24, 2.45) is 11.1 Å². The topological polar surface area (TPSA) is 48.1 Å². The third-order valence-corrected chi connectivity index (χ3v) is 3.94. The molecular weight excluding hydrogens is 256 g/mol. The standard InChI is InChI=1S/C11H15BrN2O/c1-10(2)6-11(10,13)9-7(12)4-14-5-8(9)15-3/h4-5H,6,13H2,1-3H3. The van der Waals surface area contributed by atoms with Gasteiger partial charge >= 0.3 is 0 Å². The summed E-state index contributed by atoms with van der Waals surface area (Å²) in [5.41, 5.74) is 7.26. The van der Waals surface area contributed by atoms with Crippen LogP contribution in [0.4, 0.5) is 0 Å². The molecule has 1 saturated carbocycles. The van der Waals surface area contributed by atoms with Gasteiger partial charge in [0, 0.05) is 16.2 Å². The summed E-state index contributed by atoms with van der Waals surface area (Å²) in [6, 6.07) is 0. The number of halogens is 1. The molecule has 0 radical (unpaired) electrons. The Hall–Kier alpha value is -0.610. The normalized spacial score (nSPS) is 27.5. The first-order valence-electron chi connectivity index (χ1n) is 4.89. The van der Waals surface area contributed by atoms with Crippen molar-refractivity contribution in [1.29, 1.82) is 0 Å². The van der Waals surface area contributed by atoms with Crippen molar-refractivity contribution >= 4 is 15.9 Å². The molecule has 2 rings (SSSR count). The van der Waals surface area contributed by atoms with Crippen LogP contribution < -0.4 is 10.5 Å². The number of aromatic nitrogens is 1. The summed E-state index contributed by atoms with van der Waals surface area (Å²) in [4.78, 5) is 4.08. The maximum Gasteiger partial charge on any atom is 0.143 e. The summed E-state index contributed by atoms with van der Waals surface area (Å²) in [5.74, 6) is 0.762. The largest absolute Gasteiger partial charge is 0.495 e. The Balaban J connectivity index is 2.54. The van der Waals surface area contributed by atoms with E-state index < -0.39 is 0 Å². The molecule has 1 atom stereocenters. The highest BCUT2D eigenvalue weighted by Crippen LogP contribution is 2.63. The molecule has 0 amide bonds. The van der Waals surface area contributed by atoms with E-state index >= 15 is 0 Å². The fourth-order valence-corrected chi connectivity index (χ4v) is 2.75. The monoisotopic (exact) mass is 270 g/mol. The minimum atomic E-state index is -0.292. The van der Waals surface area contributed by atoms with Crippen LogP contribution in [0.5, 0.6) is 5.75 Å². The van der Waals surface area contributed by atoms with Gasteiger partial charge < -0.3 is 10.5 Å². The van der Waals surface area contributed by atoms with Crippen molar-refractivity contribution in [3.63, 3.8) is 0 Å².